The molecule has 0 spiro atoms. The number of carboxylic acid groups (broad SMARTS) is 1. The molecule has 1 saturated heterocycles. The molecule has 0 saturated carbocycles. The van der Waals surface area contributed by atoms with E-state index >= 15 is 0 Å². The molecule has 3 aromatic rings. The summed E-state index contributed by atoms with van der Waals surface area (Å²) >= 11 is 0. The smallest absolute Gasteiger partial charge is 0.337 e. The van der Waals surface area contributed by atoms with Crippen molar-refractivity contribution >= 4 is 28.5 Å². The van der Waals surface area contributed by atoms with Crippen LogP contribution in [-0.2, 0) is 0 Å². The SMILES string of the molecule is CC(Nc1ccccc1C(=O)O)c1cc(F)cc2c(=O)cc(N3CCC(C)(F)CC3)oc12. The molecule has 8 heteroatoms. The van der Waals surface area contributed by atoms with Crippen LogP contribution in [0.15, 0.2) is 51.7 Å². The van der Waals surface area contributed by atoms with Crippen molar-refractivity contribution in [2.24, 2.45) is 0 Å². The molecule has 0 radical (unpaired) electrons. The van der Waals surface area contributed by atoms with Crippen LogP contribution in [-0.4, -0.2) is 29.8 Å². The van der Waals surface area contributed by atoms with Crippen LogP contribution in [0.4, 0.5) is 20.4 Å². The van der Waals surface area contributed by atoms with Gasteiger partial charge in [-0.1, -0.05) is 12.1 Å². The summed E-state index contributed by atoms with van der Waals surface area (Å²) in [5.74, 6) is -1.38. The van der Waals surface area contributed by atoms with Gasteiger partial charge >= 0.3 is 5.97 Å². The number of piperidine rings is 1. The second-order valence-corrected chi connectivity index (χ2v) is 8.44. The first-order valence-corrected chi connectivity index (χ1v) is 10.4. The van der Waals surface area contributed by atoms with E-state index in [4.69, 9.17) is 4.42 Å². The van der Waals surface area contributed by atoms with Crippen molar-refractivity contribution in [3.05, 3.63) is 69.6 Å². The van der Waals surface area contributed by atoms with Crippen LogP contribution in [0.1, 0.15) is 48.7 Å². The summed E-state index contributed by atoms with van der Waals surface area (Å²) in [6.07, 6.45) is 0.629. The number of halogens is 2. The van der Waals surface area contributed by atoms with Crippen LogP contribution >= 0.6 is 0 Å². The van der Waals surface area contributed by atoms with Crippen LogP contribution < -0.4 is 15.6 Å². The lowest BCUT2D eigenvalue weighted by Crippen LogP contribution is -2.40. The Morgan fingerprint density at radius 3 is 2.59 bits per heavy atom. The van der Waals surface area contributed by atoms with E-state index in [-0.39, 0.29) is 16.5 Å². The molecule has 4 rings (SSSR count). The first-order chi connectivity index (χ1) is 15.1. The zero-order valence-electron chi connectivity index (χ0n) is 17.8. The number of hydrogen-bond acceptors (Lipinski definition) is 5. The summed E-state index contributed by atoms with van der Waals surface area (Å²) in [6.45, 7) is 4.09. The molecule has 0 aliphatic carbocycles. The van der Waals surface area contributed by atoms with Crippen molar-refractivity contribution in [3.8, 4) is 0 Å². The Hall–Kier alpha value is -3.42. The van der Waals surface area contributed by atoms with Crippen molar-refractivity contribution in [2.75, 3.05) is 23.3 Å². The average molecular weight is 442 g/mol. The summed E-state index contributed by atoms with van der Waals surface area (Å²) in [6, 6.07) is 9.53. The summed E-state index contributed by atoms with van der Waals surface area (Å²) < 4.78 is 34.6. The van der Waals surface area contributed by atoms with Gasteiger partial charge in [-0.25, -0.2) is 13.6 Å². The Balaban J connectivity index is 1.75. The Labute approximate surface area is 183 Å². The van der Waals surface area contributed by atoms with E-state index in [9.17, 15) is 23.5 Å². The highest BCUT2D eigenvalue weighted by atomic mass is 19.1. The minimum atomic E-state index is -1.25. The van der Waals surface area contributed by atoms with Gasteiger partial charge in [0.2, 0.25) is 0 Å². The van der Waals surface area contributed by atoms with Gasteiger partial charge < -0.3 is 19.7 Å². The third kappa shape index (κ3) is 4.30. The van der Waals surface area contributed by atoms with E-state index in [0.717, 1.165) is 6.07 Å². The van der Waals surface area contributed by atoms with Crippen LogP contribution in [0.25, 0.3) is 11.0 Å². The lowest BCUT2D eigenvalue weighted by atomic mass is 9.96. The predicted molar refractivity (Wildman–Crippen MR) is 119 cm³/mol. The monoisotopic (exact) mass is 442 g/mol. The number of carbonyl (C=O) groups is 1. The van der Waals surface area contributed by atoms with E-state index < -0.39 is 28.9 Å². The van der Waals surface area contributed by atoms with Gasteiger partial charge in [0.1, 0.15) is 17.1 Å². The van der Waals surface area contributed by atoms with Gasteiger partial charge in [0.05, 0.1) is 17.0 Å². The third-order valence-corrected chi connectivity index (χ3v) is 5.92. The van der Waals surface area contributed by atoms with Crippen LogP contribution in [0.2, 0.25) is 0 Å². The summed E-state index contributed by atoms with van der Waals surface area (Å²) in [5, 5.41) is 12.6. The predicted octanol–water partition coefficient (Wildman–Crippen LogP) is 5.13. The maximum absolute atomic E-state index is 14.4. The Morgan fingerprint density at radius 1 is 1.22 bits per heavy atom. The third-order valence-electron chi connectivity index (χ3n) is 5.92. The van der Waals surface area contributed by atoms with Gasteiger partial charge in [0, 0.05) is 30.4 Å². The number of nitrogens with one attached hydrogen (secondary N) is 1. The van der Waals surface area contributed by atoms with Crippen molar-refractivity contribution in [1.82, 2.24) is 0 Å². The van der Waals surface area contributed by atoms with E-state index in [2.05, 4.69) is 5.32 Å². The molecule has 168 valence electrons. The maximum Gasteiger partial charge on any atom is 0.337 e. The zero-order chi connectivity index (χ0) is 23.0. The normalized spacial score (nSPS) is 16.7. The lowest BCUT2D eigenvalue weighted by molar-refractivity contribution is 0.0698. The lowest BCUT2D eigenvalue weighted by Gasteiger charge is -2.34. The molecule has 0 amide bonds. The number of carboxylic acids is 1. The summed E-state index contributed by atoms with van der Waals surface area (Å²) in [5.41, 5.74) is -0.611. The number of hydrogen-bond donors (Lipinski definition) is 2. The molecule has 2 N–H and O–H groups in total. The van der Waals surface area contributed by atoms with Gasteiger partial charge in [0.15, 0.2) is 11.3 Å². The number of benzene rings is 2. The molecule has 1 unspecified atom stereocenters. The number of fused-ring (bicyclic) bond motifs is 1. The van der Waals surface area contributed by atoms with Crippen molar-refractivity contribution < 1.29 is 23.1 Å². The first-order valence-electron chi connectivity index (χ1n) is 10.4. The fraction of sp³-hybridized carbons (Fsp3) is 0.333. The van der Waals surface area contributed by atoms with E-state index in [1.807, 2.05) is 4.90 Å². The minimum Gasteiger partial charge on any atom is -0.478 e. The molecule has 1 atom stereocenters. The first kappa shape index (κ1) is 21.8. The van der Waals surface area contributed by atoms with Gasteiger partial charge in [-0.05, 0) is 51.0 Å². The highest BCUT2D eigenvalue weighted by molar-refractivity contribution is 5.94. The van der Waals surface area contributed by atoms with Crippen LogP contribution in [0.3, 0.4) is 0 Å². The number of para-hydroxylation sites is 1. The Morgan fingerprint density at radius 2 is 1.91 bits per heavy atom. The number of rotatable bonds is 5. The molecule has 2 aromatic carbocycles. The molecule has 32 heavy (non-hydrogen) atoms. The molecular formula is C24H24F2N2O4. The van der Waals surface area contributed by atoms with E-state index in [1.54, 1.807) is 32.0 Å². The Kier molecular flexibility index (Phi) is 5.62. The number of alkyl halides is 1. The molecule has 0 bridgehead atoms. The fourth-order valence-electron chi connectivity index (χ4n) is 4.01. The molecule has 1 aromatic heterocycles. The van der Waals surface area contributed by atoms with Gasteiger partial charge in [-0.2, -0.15) is 0 Å². The second-order valence-electron chi connectivity index (χ2n) is 8.44. The maximum atomic E-state index is 14.4. The molecular weight excluding hydrogens is 418 g/mol. The number of nitrogens with zero attached hydrogens (tertiary/aromatic N) is 1. The molecule has 2 heterocycles. The molecule has 6 nitrogen and oxygen atoms in total. The van der Waals surface area contributed by atoms with Gasteiger partial charge in [0.25, 0.3) is 0 Å². The standard InChI is InChI=1S/C24H24F2N2O4/c1-14(27-19-6-4-3-5-16(19)23(30)31)17-11-15(25)12-18-20(29)13-21(32-22(17)18)28-9-7-24(2,26)8-10-28/h3-6,11-14,27H,7-10H2,1-2H3,(H,30,31). The number of anilines is 2. The summed E-state index contributed by atoms with van der Waals surface area (Å²) in [4.78, 5) is 26.1. The van der Waals surface area contributed by atoms with Gasteiger partial charge in [-0.3, -0.25) is 4.79 Å². The van der Waals surface area contributed by atoms with Crippen LogP contribution in [0.5, 0.6) is 0 Å². The quantitative estimate of drug-likeness (QED) is 0.570. The topological polar surface area (TPSA) is 82.8 Å². The van der Waals surface area contributed by atoms with Crippen molar-refractivity contribution in [1.29, 1.82) is 0 Å². The second kappa shape index (κ2) is 8.26. The van der Waals surface area contributed by atoms with Crippen molar-refractivity contribution in [3.63, 3.8) is 0 Å². The highest BCUT2D eigenvalue weighted by Crippen LogP contribution is 2.33. The molecule has 1 fully saturated rings. The number of aromatic carboxylic acids is 1. The fourth-order valence-corrected chi connectivity index (χ4v) is 4.01. The van der Waals surface area contributed by atoms with E-state index in [1.165, 1.54) is 18.2 Å². The van der Waals surface area contributed by atoms with Crippen LogP contribution in [0, 0.1) is 5.82 Å². The zero-order valence-corrected chi connectivity index (χ0v) is 17.8. The van der Waals surface area contributed by atoms with E-state index in [0.29, 0.717) is 43.1 Å². The van der Waals surface area contributed by atoms with Crippen molar-refractivity contribution in [2.45, 2.75) is 38.4 Å². The highest BCUT2D eigenvalue weighted by Gasteiger charge is 2.31. The largest absolute Gasteiger partial charge is 0.478 e. The summed E-state index contributed by atoms with van der Waals surface area (Å²) in [7, 11) is 0. The molecule has 1 aliphatic rings. The minimum absolute atomic E-state index is 0.0739. The Bertz CT molecular complexity index is 1230. The molecule has 1 aliphatic heterocycles. The van der Waals surface area contributed by atoms with Gasteiger partial charge in [-0.15, -0.1) is 0 Å². The average Bonchev–Trinajstić information content (AvgIpc) is 2.74.